The average molecular weight is 599 g/mol. The lowest BCUT2D eigenvalue weighted by molar-refractivity contribution is -0.242. The molecule has 218 valence electrons. The Hall–Kier alpha value is -3.33. The molecule has 12 nitrogen and oxygen atoms in total. The van der Waals surface area contributed by atoms with Crippen LogP contribution in [-0.4, -0.2) is 71.2 Å². The van der Waals surface area contributed by atoms with E-state index in [9.17, 15) is 31.2 Å². The molecule has 1 aliphatic rings. The van der Waals surface area contributed by atoms with E-state index in [1.165, 1.54) is 48.5 Å². The van der Waals surface area contributed by atoms with E-state index < -0.39 is 74.3 Å². The molecule has 0 bridgehead atoms. The summed E-state index contributed by atoms with van der Waals surface area (Å²) in [6, 6.07) is 11.2. The fraction of sp³-hybridized carbons (Fsp3) is 0.423. The van der Waals surface area contributed by atoms with Gasteiger partial charge in [0, 0.05) is 20.8 Å². The summed E-state index contributed by atoms with van der Waals surface area (Å²) in [5, 5.41) is -2.03. The third-order valence-electron chi connectivity index (χ3n) is 5.89. The number of esters is 3. The fourth-order valence-corrected chi connectivity index (χ4v) is 6.92. The van der Waals surface area contributed by atoms with Crippen molar-refractivity contribution in [3.05, 3.63) is 59.7 Å². The van der Waals surface area contributed by atoms with E-state index >= 15 is 0 Å². The molecule has 3 rings (SSSR count). The SMILES string of the molecule is CC(=O)OC[C@H]1O[C@@H](OS(=O)(=O)c2ccc(C)cc2)[C@H](S(=O)(=O)c2ccc(C)cc2)[C@@H](OC(C)=O)[C@@H]1OC(C)=O. The minimum atomic E-state index is -4.65. The van der Waals surface area contributed by atoms with E-state index in [1.807, 2.05) is 0 Å². The Bertz CT molecular complexity index is 1450. The van der Waals surface area contributed by atoms with Crippen LogP contribution in [0, 0.1) is 13.8 Å². The van der Waals surface area contributed by atoms with Gasteiger partial charge in [0.25, 0.3) is 10.1 Å². The Morgan fingerprint density at radius 1 is 0.725 bits per heavy atom. The largest absolute Gasteiger partial charge is 0.463 e. The van der Waals surface area contributed by atoms with Gasteiger partial charge in [-0.2, -0.15) is 8.42 Å². The molecule has 0 spiro atoms. The highest BCUT2D eigenvalue weighted by Gasteiger charge is 2.57. The van der Waals surface area contributed by atoms with Crippen LogP contribution in [0.4, 0.5) is 0 Å². The first-order valence-corrected chi connectivity index (χ1v) is 15.0. The van der Waals surface area contributed by atoms with Crippen LogP contribution in [0.15, 0.2) is 58.3 Å². The van der Waals surface area contributed by atoms with Gasteiger partial charge >= 0.3 is 17.9 Å². The molecular weight excluding hydrogens is 568 g/mol. The van der Waals surface area contributed by atoms with Crippen molar-refractivity contribution in [3.63, 3.8) is 0 Å². The molecule has 40 heavy (non-hydrogen) atoms. The normalized spacial score (nSPS) is 23.2. The number of ether oxygens (including phenoxy) is 4. The minimum Gasteiger partial charge on any atom is -0.463 e. The molecule has 1 aliphatic heterocycles. The Morgan fingerprint density at radius 3 is 1.68 bits per heavy atom. The first-order valence-electron chi connectivity index (χ1n) is 12.1. The monoisotopic (exact) mass is 598 g/mol. The molecule has 0 saturated carbocycles. The van der Waals surface area contributed by atoms with Crippen molar-refractivity contribution in [2.75, 3.05) is 6.61 Å². The van der Waals surface area contributed by atoms with E-state index in [0.29, 0.717) is 0 Å². The zero-order valence-corrected chi connectivity index (χ0v) is 24.1. The van der Waals surface area contributed by atoms with E-state index in [2.05, 4.69) is 0 Å². The predicted octanol–water partition coefficient (Wildman–Crippen LogP) is 2.00. The molecular formula is C26H30O12S2. The zero-order chi connectivity index (χ0) is 29.8. The van der Waals surface area contributed by atoms with Crippen molar-refractivity contribution < 1.29 is 54.3 Å². The highest BCUT2D eigenvalue weighted by molar-refractivity contribution is 7.92. The highest BCUT2D eigenvalue weighted by atomic mass is 32.2. The number of sulfone groups is 1. The molecule has 5 atom stereocenters. The van der Waals surface area contributed by atoms with Crippen LogP contribution in [0.1, 0.15) is 31.9 Å². The van der Waals surface area contributed by atoms with Crippen LogP contribution >= 0.6 is 0 Å². The molecule has 0 N–H and O–H groups in total. The van der Waals surface area contributed by atoms with Crippen LogP contribution in [0.25, 0.3) is 0 Å². The molecule has 1 heterocycles. The number of hydrogen-bond acceptors (Lipinski definition) is 12. The predicted molar refractivity (Wildman–Crippen MR) is 138 cm³/mol. The molecule has 0 unspecified atom stereocenters. The summed E-state index contributed by atoms with van der Waals surface area (Å²) in [5.74, 6) is -2.61. The summed E-state index contributed by atoms with van der Waals surface area (Å²) in [5.41, 5.74) is 1.50. The van der Waals surface area contributed by atoms with Gasteiger partial charge in [0.1, 0.15) is 12.7 Å². The maximum atomic E-state index is 14.0. The molecule has 0 aromatic heterocycles. The number of carbonyl (C=O) groups excluding carboxylic acids is 3. The second kappa shape index (κ2) is 12.5. The van der Waals surface area contributed by atoms with Crippen LogP contribution < -0.4 is 0 Å². The molecule has 0 amide bonds. The summed E-state index contributed by atoms with van der Waals surface area (Å²) in [4.78, 5) is 35.2. The smallest absolute Gasteiger partial charge is 0.303 e. The summed E-state index contributed by atoms with van der Waals surface area (Å²) in [7, 11) is -9.25. The van der Waals surface area contributed by atoms with Gasteiger partial charge in [0.2, 0.25) is 0 Å². The Labute approximate surface area is 232 Å². The number of benzene rings is 2. The van der Waals surface area contributed by atoms with Crippen molar-refractivity contribution in [2.24, 2.45) is 0 Å². The second-order valence-electron chi connectivity index (χ2n) is 9.18. The van der Waals surface area contributed by atoms with Gasteiger partial charge in [0.15, 0.2) is 33.6 Å². The Kier molecular flexibility index (Phi) is 9.72. The molecule has 14 heteroatoms. The lowest BCUT2D eigenvalue weighted by Gasteiger charge is -2.43. The van der Waals surface area contributed by atoms with Gasteiger partial charge in [-0.25, -0.2) is 12.6 Å². The quantitative estimate of drug-likeness (QED) is 0.234. The highest BCUT2D eigenvalue weighted by Crippen LogP contribution is 2.36. The molecule has 0 aliphatic carbocycles. The maximum absolute atomic E-state index is 14.0. The average Bonchev–Trinajstić information content (AvgIpc) is 2.84. The lowest BCUT2D eigenvalue weighted by Crippen LogP contribution is -2.64. The first-order chi connectivity index (χ1) is 18.6. The number of rotatable bonds is 9. The number of aryl methyl sites for hydroxylation is 2. The van der Waals surface area contributed by atoms with Gasteiger partial charge in [-0.05, 0) is 38.1 Å². The van der Waals surface area contributed by atoms with E-state index in [-0.39, 0.29) is 9.79 Å². The van der Waals surface area contributed by atoms with Crippen LogP contribution in [0.3, 0.4) is 0 Å². The van der Waals surface area contributed by atoms with Gasteiger partial charge < -0.3 is 18.9 Å². The molecule has 1 saturated heterocycles. The summed E-state index contributed by atoms with van der Waals surface area (Å²) in [6.07, 6.45) is -7.03. The molecule has 1 fully saturated rings. The maximum Gasteiger partial charge on any atom is 0.303 e. The van der Waals surface area contributed by atoms with Crippen LogP contribution in [-0.2, 0) is 57.5 Å². The van der Waals surface area contributed by atoms with Gasteiger partial charge in [0.05, 0.1) is 9.79 Å². The van der Waals surface area contributed by atoms with E-state index in [1.54, 1.807) is 13.8 Å². The Balaban J connectivity index is 2.20. The van der Waals surface area contributed by atoms with Crippen molar-refractivity contribution in [1.82, 2.24) is 0 Å². The number of hydrogen-bond donors (Lipinski definition) is 0. The van der Waals surface area contributed by atoms with E-state index in [4.69, 9.17) is 23.1 Å². The summed E-state index contributed by atoms with van der Waals surface area (Å²) >= 11 is 0. The second-order valence-corrected chi connectivity index (χ2v) is 12.9. The standard InChI is InChI=1S/C26H30O12S2/c1-15-6-10-20(11-7-15)39(30,31)25-24(36-19(5)29)23(35-18(4)28)22(14-34-17(3)27)37-26(25)38-40(32,33)21-12-8-16(2)9-13-21/h6-13,22-26H,14H2,1-5H3/t22-,23-,24+,25-,26+/m1/s1. The van der Waals surface area contributed by atoms with Crippen LogP contribution in [0.2, 0.25) is 0 Å². The first kappa shape index (κ1) is 31.2. The van der Waals surface area contributed by atoms with Crippen molar-refractivity contribution in [1.29, 1.82) is 0 Å². The lowest BCUT2D eigenvalue weighted by atomic mass is 10.0. The third kappa shape index (κ3) is 7.44. The van der Waals surface area contributed by atoms with E-state index in [0.717, 1.165) is 31.9 Å². The minimum absolute atomic E-state index is 0.259. The topological polar surface area (TPSA) is 166 Å². The van der Waals surface area contributed by atoms with Gasteiger partial charge in [-0.3, -0.25) is 14.4 Å². The van der Waals surface area contributed by atoms with Crippen molar-refractivity contribution >= 4 is 37.9 Å². The fourth-order valence-electron chi connectivity index (χ4n) is 4.05. The molecule has 2 aromatic carbocycles. The van der Waals surface area contributed by atoms with Crippen molar-refractivity contribution in [3.8, 4) is 0 Å². The number of carbonyl (C=O) groups is 3. The Morgan fingerprint density at radius 2 is 1.20 bits per heavy atom. The van der Waals surface area contributed by atoms with Gasteiger partial charge in [-0.1, -0.05) is 35.4 Å². The van der Waals surface area contributed by atoms with Crippen molar-refractivity contribution in [2.45, 2.75) is 74.3 Å². The molecule has 0 radical (unpaired) electrons. The summed E-state index contributed by atoms with van der Waals surface area (Å²) in [6.45, 7) is 5.99. The molecule has 2 aromatic rings. The van der Waals surface area contributed by atoms with Gasteiger partial charge in [-0.15, -0.1) is 0 Å². The van der Waals surface area contributed by atoms with Crippen LogP contribution in [0.5, 0.6) is 0 Å². The summed E-state index contributed by atoms with van der Waals surface area (Å²) < 4.78 is 81.3. The third-order valence-corrected chi connectivity index (χ3v) is 9.31. The zero-order valence-electron chi connectivity index (χ0n) is 22.4.